The van der Waals surface area contributed by atoms with Crippen molar-refractivity contribution in [3.63, 3.8) is 0 Å². The molecule has 1 aliphatic carbocycles. The van der Waals surface area contributed by atoms with Crippen LogP contribution in [0.2, 0.25) is 0 Å². The molecule has 1 aliphatic rings. The van der Waals surface area contributed by atoms with Gasteiger partial charge in [0.15, 0.2) is 0 Å². The highest BCUT2D eigenvalue weighted by atomic mass is 14.9. The summed E-state index contributed by atoms with van der Waals surface area (Å²) in [6.07, 6.45) is 1.66. The Balaban J connectivity index is 1.97. The molecule has 0 radical (unpaired) electrons. The molecule has 1 unspecified atom stereocenters. The van der Waals surface area contributed by atoms with E-state index in [1.54, 1.807) is 0 Å². The van der Waals surface area contributed by atoms with Gasteiger partial charge in [-0.2, -0.15) is 5.26 Å². The summed E-state index contributed by atoms with van der Waals surface area (Å²) >= 11 is 0. The summed E-state index contributed by atoms with van der Waals surface area (Å²) < 4.78 is 0. The fourth-order valence-electron chi connectivity index (χ4n) is 2.12. The van der Waals surface area contributed by atoms with Crippen LogP contribution in [-0.2, 0) is 6.42 Å². The average Bonchev–Trinajstić information content (AvgIpc) is 2.88. The minimum atomic E-state index is 0.371. The molecule has 1 aromatic carbocycles. The molecule has 0 amide bonds. The Bertz CT molecular complexity index is 457. The SMILES string of the molecule is CC1(C)CC1CNc1ccc(N)c(CC#N)c1. The molecule has 90 valence electrons. The summed E-state index contributed by atoms with van der Waals surface area (Å²) in [6.45, 7) is 5.59. The van der Waals surface area contributed by atoms with Crippen LogP contribution in [0, 0.1) is 22.7 Å². The predicted octanol–water partition coefficient (Wildman–Crippen LogP) is 2.79. The van der Waals surface area contributed by atoms with E-state index >= 15 is 0 Å². The molecule has 1 saturated carbocycles. The Labute approximate surface area is 103 Å². The third-order valence-electron chi connectivity index (χ3n) is 3.68. The van der Waals surface area contributed by atoms with Gasteiger partial charge in [0.05, 0.1) is 12.5 Å². The summed E-state index contributed by atoms with van der Waals surface area (Å²) in [5.74, 6) is 0.763. The first-order valence-electron chi connectivity index (χ1n) is 6.02. The second-order valence-electron chi connectivity index (χ2n) is 5.52. The fourth-order valence-corrected chi connectivity index (χ4v) is 2.12. The van der Waals surface area contributed by atoms with Crippen LogP contribution in [0.5, 0.6) is 0 Å². The van der Waals surface area contributed by atoms with Crippen molar-refractivity contribution in [2.75, 3.05) is 17.6 Å². The molecule has 1 atom stereocenters. The van der Waals surface area contributed by atoms with Crippen LogP contribution in [0.4, 0.5) is 11.4 Å². The fraction of sp³-hybridized carbons (Fsp3) is 0.500. The van der Waals surface area contributed by atoms with E-state index in [4.69, 9.17) is 11.0 Å². The van der Waals surface area contributed by atoms with Crippen molar-refractivity contribution in [3.8, 4) is 6.07 Å². The molecule has 0 aromatic heterocycles. The summed E-state index contributed by atoms with van der Waals surface area (Å²) in [5.41, 5.74) is 8.97. The van der Waals surface area contributed by atoms with E-state index in [1.807, 2.05) is 18.2 Å². The number of nitrogens with zero attached hydrogens (tertiary/aromatic N) is 1. The monoisotopic (exact) mass is 229 g/mol. The van der Waals surface area contributed by atoms with Gasteiger partial charge in [-0.05, 0) is 41.5 Å². The largest absolute Gasteiger partial charge is 0.398 e. The zero-order valence-electron chi connectivity index (χ0n) is 10.5. The molecule has 2 rings (SSSR count). The summed E-state index contributed by atoms with van der Waals surface area (Å²) in [4.78, 5) is 0. The number of hydrogen-bond donors (Lipinski definition) is 2. The second kappa shape index (κ2) is 4.29. The molecule has 3 heteroatoms. The van der Waals surface area contributed by atoms with E-state index in [9.17, 15) is 0 Å². The van der Waals surface area contributed by atoms with Crippen LogP contribution in [0.25, 0.3) is 0 Å². The quantitative estimate of drug-likeness (QED) is 0.780. The number of nitrogens with one attached hydrogen (secondary N) is 1. The van der Waals surface area contributed by atoms with Crippen LogP contribution < -0.4 is 11.1 Å². The molecule has 1 fully saturated rings. The first kappa shape index (κ1) is 11.8. The molecule has 0 aliphatic heterocycles. The third kappa shape index (κ3) is 2.71. The summed E-state index contributed by atoms with van der Waals surface area (Å²) in [6, 6.07) is 7.96. The molecule has 0 spiro atoms. The topological polar surface area (TPSA) is 61.8 Å². The maximum atomic E-state index is 8.71. The van der Waals surface area contributed by atoms with Crippen LogP contribution >= 0.6 is 0 Å². The number of anilines is 2. The van der Waals surface area contributed by atoms with Gasteiger partial charge in [0.1, 0.15) is 0 Å². The Morgan fingerprint density at radius 2 is 2.24 bits per heavy atom. The van der Waals surface area contributed by atoms with Crippen LogP contribution in [0.3, 0.4) is 0 Å². The predicted molar refractivity (Wildman–Crippen MR) is 70.5 cm³/mol. The first-order valence-corrected chi connectivity index (χ1v) is 6.02. The molecular formula is C14H19N3. The smallest absolute Gasteiger partial charge is 0.0670 e. The lowest BCUT2D eigenvalue weighted by Gasteiger charge is -2.10. The third-order valence-corrected chi connectivity index (χ3v) is 3.68. The maximum Gasteiger partial charge on any atom is 0.0670 e. The van der Waals surface area contributed by atoms with Crippen molar-refractivity contribution in [1.29, 1.82) is 5.26 Å². The van der Waals surface area contributed by atoms with Gasteiger partial charge in [0.2, 0.25) is 0 Å². The number of nitrogen functional groups attached to an aromatic ring is 1. The zero-order valence-corrected chi connectivity index (χ0v) is 10.5. The van der Waals surface area contributed by atoms with Crippen molar-refractivity contribution < 1.29 is 0 Å². The highest BCUT2D eigenvalue weighted by molar-refractivity contribution is 5.58. The molecule has 3 N–H and O–H groups in total. The van der Waals surface area contributed by atoms with Crippen LogP contribution in [0.15, 0.2) is 18.2 Å². The Kier molecular flexibility index (Phi) is 2.97. The van der Waals surface area contributed by atoms with Crippen molar-refractivity contribution >= 4 is 11.4 Å². The van der Waals surface area contributed by atoms with Crippen molar-refractivity contribution in [3.05, 3.63) is 23.8 Å². The Hall–Kier alpha value is -1.69. The van der Waals surface area contributed by atoms with Crippen LogP contribution in [0.1, 0.15) is 25.8 Å². The van der Waals surface area contributed by atoms with Gasteiger partial charge in [0, 0.05) is 17.9 Å². The normalized spacial score (nSPS) is 20.6. The molecule has 3 nitrogen and oxygen atoms in total. The number of nitrogens with two attached hydrogens (primary N) is 1. The van der Waals surface area contributed by atoms with E-state index in [-0.39, 0.29) is 0 Å². The zero-order chi connectivity index (χ0) is 12.5. The van der Waals surface area contributed by atoms with Crippen LogP contribution in [-0.4, -0.2) is 6.54 Å². The van der Waals surface area contributed by atoms with E-state index in [1.165, 1.54) is 6.42 Å². The molecular weight excluding hydrogens is 210 g/mol. The molecule has 1 aromatic rings. The van der Waals surface area contributed by atoms with Crippen molar-refractivity contribution in [1.82, 2.24) is 0 Å². The van der Waals surface area contributed by atoms with Gasteiger partial charge in [-0.1, -0.05) is 13.8 Å². The van der Waals surface area contributed by atoms with Gasteiger partial charge in [-0.15, -0.1) is 0 Å². The van der Waals surface area contributed by atoms with Gasteiger partial charge in [-0.25, -0.2) is 0 Å². The van der Waals surface area contributed by atoms with E-state index < -0.39 is 0 Å². The first-order chi connectivity index (χ1) is 8.03. The van der Waals surface area contributed by atoms with Crippen molar-refractivity contribution in [2.45, 2.75) is 26.7 Å². The number of benzene rings is 1. The number of hydrogen-bond acceptors (Lipinski definition) is 3. The average molecular weight is 229 g/mol. The lowest BCUT2D eigenvalue weighted by atomic mass is 10.1. The van der Waals surface area contributed by atoms with E-state index in [0.29, 0.717) is 17.5 Å². The lowest BCUT2D eigenvalue weighted by Crippen LogP contribution is -2.07. The maximum absolute atomic E-state index is 8.71. The molecule has 17 heavy (non-hydrogen) atoms. The van der Waals surface area contributed by atoms with E-state index in [0.717, 1.165) is 23.7 Å². The Morgan fingerprint density at radius 1 is 1.53 bits per heavy atom. The summed E-state index contributed by atoms with van der Waals surface area (Å²) in [5, 5.41) is 12.1. The second-order valence-corrected chi connectivity index (χ2v) is 5.52. The minimum absolute atomic E-state index is 0.371. The summed E-state index contributed by atoms with van der Waals surface area (Å²) in [7, 11) is 0. The lowest BCUT2D eigenvalue weighted by molar-refractivity contribution is 0.573. The molecule has 0 heterocycles. The van der Waals surface area contributed by atoms with E-state index in [2.05, 4.69) is 25.2 Å². The Morgan fingerprint density at radius 3 is 2.82 bits per heavy atom. The number of rotatable bonds is 4. The standard InChI is InChI=1S/C14H19N3/c1-14(2)8-11(14)9-17-12-3-4-13(16)10(7-12)5-6-15/h3-4,7,11,17H,5,8-9,16H2,1-2H3. The molecule has 0 saturated heterocycles. The highest BCUT2D eigenvalue weighted by Gasteiger charge is 2.44. The minimum Gasteiger partial charge on any atom is -0.398 e. The van der Waals surface area contributed by atoms with Crippen molar-refractivity contribution in [2.24, 2.45) is 11.3 Å². The van der Waals surface area contributed by atoms with Gasteiger partial charge in [-0.3, -0.25) is 0 Å². The number of nitriles is 1. The van der Waals surface area contributed by atoms with Gasteiger partial charge < -0.3 is 11.1 Å². The van der Waals surface area contributed by atoms with Gasteiger partial charge >= 0.3 is 0 Å². The molecule has 0 bridgehead atoms. The van der Waals surface area contributed by atoms with Gasteiger partial charge in [0.25, 0.3) is 0 Å². The highest BCUT2D eigenvalue weighted by Crippen LogP contribution is 2.51.